The van der Waals surface area contributed by atoms with Gasteiger partial charge in [0.25, 0.3) is 0 Å². The predicted molar refractivity (Wildman–Crippen MR) is 73.9 cm³/mol. The van der Waals surface area contributed by atoms with E-state index in [1.807, 2.05) is 25.1 Å². The Balaban J connectivity index is 2.08. The van der Waals surface area contributed by atoms with Gasteiger partial charge in [0, 0.05) is 13.6 Å². The van der Waals surface area contributed by atoms with Crippen molar-refractivity contribution < 1.29 is 4.79 Å². The van der Waals surface area contributed by atoms with E-state index in [4.69, 9.17) is 0 Å². The highest BCUT2D eigenvalue weighted by molar-refractivity contribution is 5.78. The molecular weight excluding hydrogens is 244 g/mol. The molecule has 0 radical (unpaired) electrons. The molecule has 0 spiro atoms. The van der Waals surface area contributed by atoms with E-state index in [2.05, 4.69) is 15.3 Å². The zero-order valence-corrected chi connectivity index (χ0v) is 11.1. The molecule has 1 heterocycles. The summed E-state index contributed by atoms with van der Waals surface area (Å²) >= 11 is 0. The van der Waals surface area contributed by atoms with Crippen molar-refractivity contribution in [2.75, 3.05) is 20.1 Å². The van der Waals surface area contributed by atoms with Gasteiger partial charge in [-0.2, -0.15) is 0 Å². The molecular formula is C13H18N4O2. The van der Waals surface area contributed by atoms with Crippen molar-refractivity contribution >= 4 is 16.9 Å². The Morgan fingerprint density at radius 1 is 1.32 bits per heavy atom. The number of nitrogens with one attached hydrogen (secondary N) is 3. The second-order valence-corrected chi connectivity index (χ2v) is 4.49. The van der Waals surface area contributed by atoms with E-state index in [9.17, 15) is 9.59 Å². The lowest BCUT2D eigenvalue weighted by atomic mass is 10.2. The van der Waals surface area contributed by atoms with E-state index in [-0.39, 0.29) is 11.6 Å². The van der Waals surface area contributed by atoms with Crippen LogP contribution in [0.15, 0.2) is 23.0 Å². The number of H-pyrrole nitrogens is 2. The Bertz CT molecular complexity index is 629. The molecule has 6 nitrogen and oxygen atoms in total. The van der Waals surface area contributed by atoms with Crippen LogP contribution in [0.4, 0.5) is 0 Å². The van der Waals surface area contributed by atoms with Crippen LogP contribution in [0.1, 0.15) is 12.5 Å². The molecule has 0 fully saturated rings. The topological polar surface area (TPSA) is 81.0 Å². The minimum atomic E-state index is -0.219. The van der Waals surface area contributed by atoms with Gasteiger partial charge in [0.2, 0.25) is 5.91 Å². The Morgan fingerprint density at radius 2 is 2.05 bits per heavy atom. The fourth-order valence-electron chi connectivity index (χ4n) is 1.91. The molecule has 0 aliphatic rings. The Labute approximate surface area is 110 Å². The fourth-order valence-corrected chi connectivity index (χ4v) is 1.91. The lowest BCUT2D eigenvalue weighted by Crippen LogP contribution is -2.35. The van der Waals surface area contributed by atoms with E-state index in [0.29, 0.717) is 13.1 Å². The summed E-state index contributed by atoms with van der Waals surface area (Å²) in [6.45, 7) is 3.60. The first-order valence-electron chi connectivity index (χ1n) is 6.25. The Hall–Kier alpha value is -2.08. The lowest BCUT2D eigenvalue weighted by molar-refractivity contribution is -0.129. The smallest absolute Gasteiger partial charge is 0.323 e. The summed E-state index contributed by atoms with van der Waals surface area (Å²) in [4.78, 5) is 30.0. The van der Waals surface area contributed by atoms with Crippen molar-refractivity contribution in [3.63, 3.8) is 0 Å². The molecule has 1 aromatic heterocycles. The van der Waals surface area contributed by atoms with Gasteiger partial charge in [0.15, 0.2) is 0 Å². The van der Waals surface area contributed by atoms with Crippen LogP contribution >= 0.6 is 0 Å². The molecule has 0 bridgehead atoms. The summed E-state index contributed by atoms with van der Waals surface area (Å²) in [5.41, 5.74) is 2.30. The molecule has 0 saturated heterocycles. The van der Waals surface area contributed by atoms with Gasteiger partial charge in [-0.15, -0.1) is 0 Å². The largest absolute Gasteiger partial charge is 0.340 e. The van der Waals surface area contributed by atoms with E-state index in [0.717, 1.165) is 23.1 Å². The average molecular weight is 262 g/mol. The van der Waals surface area contributed by atoms with Gasteiger partial charge in [0.1, 0.15) is 0 Å². The number of hydrogen-bond donors (Lipinski definition) is 3. The summed E-state index contributed by atoms with van der Waals surface area (Å²) in [5, 5.41) is 3.00. The fraction of sp³-hybridized carbons (Fsp3) is 0.385. The third-order valence-electron chi connectivity index (χ3n) is 2.95. The van der Waals surface area contributed by atoms with E-state index in [1.165, 1.54) is 0 Å². The van der Waals surface area contributed by atoms with Crippen LogP contribution in [0, 0.1) is 0 Å². The maximum atomic E-state index is 11.8. The van der Waals surface area contributed by atoms with Gasteiger partial charge < -0.3 is 20.2 Å². The molecule has 0 saturated carbocycles. The summed E-state index contributed by atoms with van der Waals surface area (Å²) < 4.78 is 0. The molecule has 1 aromatic carbocycles. The first-order chi connectivity index (χ1) is 9.10. The SMILES string of the molecule is CCNCC(=O)N(C)Cc1ccc2[nH]c(=O)[nH]c2c1. The minimum Gasteiger partial charge on any atom is -0.340 e. The average Bonchev–Trinajstić information content (AvgIpc) is 2.75. The maximum absolute atomic E-state index is 11.8. The first kappa shape index (κ1) is 13.4. The maximum Gasteiger partial charge on any atom is 0.323 e. The molecule has 6 heteroatoms. The molecule has 2 aromatic rings. The number of likely N-dealkylation sites (N-methyl/N-ethyl adjacent to an activating group) is 2. The highest BCUT2D eigenvalue weighted by Crippen LogP contribution is 2.11. The molecule has 3 N–H and O–H groups in total. The number of rotatable bonds is 5. The van der Waals surface area contributed by atoms with Crippen molar-refractivity contribution in [3.05, 3.63) is 34.2 Å². The monoisotopic (exact) mass is 262 g/mol. The number of nitrogens with zero attached hydrogens (tertiary/aromatic N) is 1. The lowest BCUT2D eigenvalue weighted by Gasteiger charge is -2.17. The van der Waals surface area contributed by atoms with Crippen LogP contribution in [-0.4, -0.2) is 40.9 Å². The van der Waals surface area contributed by atoms with Crippen LogP contribution in [0.3, 0.4) is 0 Å². The van der Waals surface area contributed by atoms with Crippen molar-refractivity contribution in [3.8, 4) is 0 Å². The van der Waals surface area contributed by atoms with E-state index < -0.39 is 0 Å². The number of aromatic nitrogens is 2. The summed E-state index contributed by atoms with van der Waals surface area (Å²) in [6, 6.07) is 5.62. The number of benzene rings is 1. The number of carbonyl (C=O) groups excluding carboxylic acids is 1. The van der Waals surface area contributed by atoms with Gasteiger partial charge >= 0.3 is 5.69 Å². The van der Waals surface area contributed by atoms with Crippen molar-refractivity contribution in [2.45, 2.75) is 13.5 Å². The van der Waals surface area contributed by atoms with Gasteiger partial charge in [-0.1, -0.05) is 13.0 Å². The molecule has 0 aliphatic carbocycles. The molecule has 1 amide bonds. The number of carbonyl (C=O) groups is 1. The molecule has 102 valence electrons. The van der Waals surface area contributed by atoms with Crippen LogP contribution in [-0.2, 0) is 11.3 Å². The zero-order valence-electron chi connectivity index (χ0n) is 11.1. The third kappa shape index (κ3) is 3.23. The minimum absolute atomic E-state index is 0.0458. The van der Waals surface area contributed by atoms with E-state index >= 15 is 0 Å². The highest BCUT2D eigenvalue weighted by Gasteiger charge is 2.09. The van der Waals surface area contributed by atoms with Gasteiger partial charge in [0.05, 0.1) is 17.6 Å². The predicted octanol–water partition coefficient (Wildman–Crippen LogP) is 0.424. The second kappa shape index (κ2) is 5.71. The van der Waals surface area contributed by atoms with Crippen LogP contribution in [0.25, 0.3) is 11.0 Å². The molecule has 0 aliphatic heterocycles. The normalized spacial score (nSPS) is 10.8. The first-order valence-corrected chi connectivity index (χ1v) is 6.25. The van der Waals surface area contributed by atoms with Crippen molar-refractivity contribution in [1.29, 1.82) is 0 Å². The van der Waals surface area contributed by atoms with Crippen molar-refractivity contribution in [1.82, 2.24) is 20.2 Å². The standard InChI is InChI=1S/C13H18N4O2/c1-3-14-7-12(18)17(2)8-9-4-5-10-11(6-9)16-13(19)15-10/h4-6,14H,3,7-8H2,1-2H3,(H2,15,16,19). The number of imidazole rings is 1. The summed E-state index contributed by atoms with van der Waals surface area (Å²) in [5.74, 6) is 0.0458. The van der Waals surface area contributed by atoms with Gasteiger partial charge in [-0.3, -0.25) is 4.79 Å². The molecule has 19 heavy (non-hydrogen) atoms. The van der Waals surface area contributed by atoms with Crippen LogP contribution in [0.2, 0.25) is 0 Å². The van der Waals surface area contributed by atoms with Crippen LogP contribution in [0.5, 0.6) is 0 Å². The third-order valence-corrected chi connectivity index (χ3v) is 2.95. The van der Waals surface area contributed by atoms with Crippen LogP contribution < -0.4 is 11.0 Å². The quantitative estimate of drug-likeness (QED) is 0.730. The number of hydrogen-bond acceptors (Lipinski definition) is 3. The van der Waals surface area contributed by atoms with Gasteiger partial charge in [-0.25, -0.2) is 4.79 Å². The number of aromatic amines is 2. The Kier molecular flexibility index (Phi) is 4.01. The summed E-state index contributed by atoms with van der Waals surface area (Å²) in [6.07, 6.45) is 0. The van der Waals surface area contributed by atoms with E-state index in [1.54, 1.807) is 11.9 Å². The molecule has 0 atom stereocenters. The number of amides is 1. The molecule has 2 rings (SSSR count). The molecule has 0 unspecified atom stereocenters. The summed E-state index contributed by atoms with van der Waals surface area (Å²) in [7, 11) is 1.77. The van der Waals surface area contributed by atoms with Gasteiger partial charge in [-0.05, 0) is 24.2 Å². The second-order valence-electron chi connectivity index (χ2n) is 4.49. The highest BCUT2D eigenvalue weighted by atomic mass is 16.2. The zero-order chi connectivity index (χ0) is 13.8. The van der Waals surface area contributed by atoms with Crippen molar-refractivity contribution in [2.24, 2.45) is 0 Å². The number of fused-ring (bicyclic) bond motifs is 1. The Morgan fingerprint density at radius 3 is 2.79 bits per heavy atom.